The third-order valence-corrected chi connectivity index (χ3v) is 3.17. The lowest BCUT2D eigenvalue weighted by atomic mass is 10.2. The maximum atomic E-state index is 5.87. The Kier molecular flexibility index (Phi) is 5.58. The molecule has 0 radical (unpaired) electrons. The molecule has 21 heavy (non-hydrogen) atoms. The molecule has 0 saturated heterocycles. The smallest absolute Gasteiger partial charge is 0.169 e. The SMILES string of the molecule is CCCOc1ccccc1Oc1ccc(C(C)NC)nc1. The Hall–Kier alpha value is -2.07. The van der Waals surface area contributed by atoms with Crippen molar-refractivity contribution in [3.8, 4) is 17.2 Å². The maximum absolute atomic E-state index is 5.87. The number of benzene rings is 1. The molecular weight excluding hydrogens is 264 g/mol. The minimum atomic E-state index is 0.222. The minimum Gasteiger partial charge on any atom is -0.490 e. The van der Waals surface area contributed by atoms with Crippen LogP contribution in [0.15, 0.2) is 42.6 Å². The summed E-state index contributed by atoms with van der Waals surface area (Å²) in [6.07, 6.45) is 2.70. The number of aromatic nitrogens is 1. The summed E-state index contributed by atoms with van der Waals surface area (Å²) in [5.74, 6) is 2.17. The third kappa shape index (κ3) is 4.20. The summed E-state index contributed by atoms with van der Waals surface area (Å²) in [6.45, 7) is 4.82. The topological polar surface area (TPSA) is 43.4 Å². The normalized spacial score (nSPS) is 12.0. The standard InChI is InChI=1S/C17H22N2O2/c1-4-11-20-16-7-5-6-8-17(16)21-14-9-10-15(19-12-14)13(2)18-3/h5-10,12-13,18H,4,11H2,1-3H3. The molecule has 112 valence electrons. The van der Waals surface area contributed by atoms with Crippen LogP contribution < -0.4 is 14.8 Å². The van der Waals surface area contributed by atoms with Crippen LogP contribution in [0.2, 0.25) is 0 Å². The van der Waals surface area contributed by atoms with Gasteiger partial charge >= 0.3 is 0 Å². The molecule has 0 fully saturated rings. The van der Waals surface area contributed by atoms with E-state index in [1.807, 2.05) is 43.4 Å². The molecule has 0 aliphatic carbocycles. The molecule has 1 aromatic carbocycles. The first-order valence-electron chi connectivity index (χ1n) is 7.27. The average molecular weight is 286 g/mol. The Morgan fingerprint density at radius 2 is 1.90 bits per heavy atom. The van der Waals surface area contributed by atoms with Crippen molar-refractivity contribution < 1.29 is 9.47 Å². The molecule has 0 amide bonds. The van der Waals surface area contributed by atoms with Crippen LogP contribution in [0.3, 0.4) is 0 Å². The van der Waals surface area contributed by atoms with Crippen molar-refractivity contribution in [1.82, 2.24) is 10.3 Å². The highest BCUT2D eigenvalue weighted by Gasteiger charge is 2.07. The van der Waals surface area contributed by atoms with E-state index in [0.717, 1.165) is 17.9 Å². The second kappa shape index (κ2) is 7.64. The number of nitrogens with one attached hydrogen (secondary N) is 1. The van der Waals surface area contributed by atoms with Crippen LogP contribution in [0.4, 0.5) is 0 Å². The van der Waals surface area contributed by atoms with Crippen molar-refractivity contribution >= 4 is 0 Å². The van der Waals surface area contributed by atoms with Crippen molar-refractivity contribution in [2.75, 3.05) is 13.7 Å². The summed E-state index contributed by atoms with van der Waals surface area (Å²) in [5.41, 5.74) is 0.986. The van der Waals surface area contributed by atoms with E-state index in [9.17, 15) is 0 Å². The average Bonchev–Trinajstić information content (AvgIpc) is 2.54. The van der Waals surface area contributed by atoms with E-state index in [0.29, 0.717) is 18.1 Å². The Bertz CT molecular complexity index is 555. The highest BCUT2D eigenvalue weighted by atomic mass is 16.5. The predicted octanol–water partition coefficient (Wildman–Crippen LogP) is 3.94. The second-order valence-electron chi connectivity index (χ2n) is 4.83. The van der Waals surface area contributed by atoms with Gasteiger partial charge in [-0.15, -0.1) is 0 Å². The summed E-state index contributed by atoms with van der Waals surface area (Å²) in [5, 5.41) is 3.16. The van der Waals surface area contributed by atoms with Gasteiger partial charge in [0.1, 0.15) is 5.75 Å². The molecule has 4 heteroatoms. The summed E-state index contributed by atoms with van der Waals surface area (Å²) in [7, 11) is 1.91. The summed E-state index contributed by atoms with van der Waals surface area (Å²) in [6, 6.07) is 11.8. The van der Waals surface area contributed by atoms with Crippen LogP contribution in [-0.2, 0) is 0 Å². The van der Waals surface area contributed by atoms with Gasteiger partial charge in [0.05, 0.1) is 18.5 Å². The van der Waals surface area contributed by atoms with Gasteiger partial charge in [0.2, 0.25) is 0 Å². The third-order valence-electron chi connectivity index (χ3n) is 3.17. The van der Waals surface area contributed by atoms with Crippen molar-refractivity contribution in [3.63, 3.8) is 0 Å². The molecule has 1 atom stereocenters. The lowest BCUT2D eigenvalue weighted by Crippen LogP contribution is -2.13. The van der Waals surface area contributed by atoms with Gasteiger partial charge in [-0.2, -0.15) is 0 Å². The van der Waals surface area contributed by atoms with Gasteiger partial charge in [-0.3, -0.25) is 4.98 Å². The van der Waals surface area contributed by atoms with Gasteiger partial charge in [0.25, 0.3) is 0 Å². The maximum Gasteiger partial charge on any atom is 0.169 e. The summed E-state index contributed by atoms with van der Waals surface area (Å²) < 4.78 is 11.5. The van der Waals surface area contributed by atoms with E-state index in [2.05, 4.69) is 24.1 Å². The van der Waals surface area contributed by atoms with Crippen LogP contribution in [0, 0.1) is 0 Å². The first-order chi connectivity index (χ1) is 10.2. The molecule has 1 heterocycles. The van der Waals surface area contributed by atoms with Crippen LogP contribution in [0.25, 0.3) is 0 Å². The van der Waals surface area contributed by atoms with E-state index in [4.69, 9.17) is 9.47 Å². The van der Waals surface area contributed by atoms with E-state index in [1.165, 1.54) is 0 Å². The lowest BCUT2D eigenvalue weighted by Gasteiger charge is -2.13. The number of rotatable bonds is 7. The van der Waals surface area contributed by atoms with Gasteiger partial charge in [0, 0.05) is 6.04 Å². The fourth-order valence-electron chi connectivity index (χ4n) is 1.85. The fraction of sp³-hybridized carbons (Fsp3) is 0.353. The van der Waals surface area contributed by atoms with Crippen LogP contribution >= 0.6 is 0 Å². The fourth-order valence-corrected chi connectivity index (χ4v) is 1.85. The number of ether oxygens (including phenoxy) is 2. The molecular formula is C17H22N2O2. The van der Waals surface area contributed by atoms with Crippen LogP contribution in [0.1, 0.15) is 32.0 Å². The first kappa shape index (κ1) is 15.3. The van der Waals surface area contributed by atoms with Crippen LogP contribution in [-0.4, -0.2) is 18.6 Å². The van der Waals surface area contributed by atoms with Gasteiger partial charge in [-0.25, -0.2) is 0 Å². The molecule has 4 nitrogen and oxygen atoms in total. The molecule has 0 saturated carbocycles. The Morgan fingerprint density at radius 1 is 1.14 bits per heavy atom. The van der Waals surface area contributed by atoms with E-state index in [-0.39, 0.29) is 6.04 Å². The van der Waals surface area contributed by atoms with Crippen LogP contribution in [0.5, 0.6) is 17.2 Å². The number of nitrogens with zero attached hydrogens (tertiary/aromatic N) is 1. The van der Waals surface area contributed by atoms with E-state index in [1.54, 1.807) is 6.20 Å². The van der Waals surface area contributed by atoms with Crippen molar-refractivity contribution in [2.24, 2.45) is 0 Å². The molecule has 2 rings (SSSR count). The monoisotopic (exact) mass is 286 g/mol. The number of hydrogen-bond donors (Lipinski definition) is 1. The zero-order chi connectivity index (χ0) is 15.1. The lowest BCUT2D eigenvalue weighted by molar-refractivity contribution is 0.302. The van der Waals surface area contributed by atoms with Crippen molar-refractivity contribution in [1.29, 1.82) is 0 Å². The highest BCUT2D eigenvalue weighted by molar-refractivity contribution is 5.42. The second-order valence-corrected chi connectivity index (χ2v) is 4.83. The molecule has 0 spiro atoms. The van der Waals surface area contributed by atoms with Crippen molar-refractivity contribution in [2.45, 2.75) is 26.3 Å². The highest BCUT2D eigenvalue weighted by Crippen LogP contribution is 2.31. The zero-order valence-corrected chi connectivity index (χ0v) is 12.8. The summed E-state index contributed by atoms with van der Waals surface area (Å²) in [4.78, 5) is 4.41. The van der Waals surface area contributed by atoms with Gasteiger partial charge < -0.3 is 14.8 Å². The zero-order valence-electron chi connectivity index (χ0n) is 12.8. The van der Waals surface area contributed by atoms with Gasteiger partial charge in [-0.1, -0.05) is 19.1 Å². The predicted molar refractivity (Wildman–Crippen MR) is 84.0 cm³/mol. The largest absolute Gasteiger partial charge is 0.490 e. The quantitative estimate of drug-likeness (QED) is 0.837. The molecule has 1 N–H and O–H groups in total. The molecule has 1 aromatic heterocycles. The molecule has 2 aromatic rings. The Balaban J connectivity index is 2.11. The van der Waals surface area contributed by atoms with E-state index >= 15 is 0 Å². The molecule has 1 unspecified atom stereocenters. The molecule has 0 aliphatic heterocycles. The number of pyridine rings is 1. The Morgan fingerprint density at radius 3 is 2.52 bits per heavy atom. The molecule has 0 bridgehead atoms. The minimum absolute atomic E-state index is 0.222. The van der Waals surface area contributed by atoms with Gasteiger partial charge in [-0.05, 0) is 44.7 Å². The first-order valence-corrected chi connectivity index (χ1v) is 7.27. The van der Waals surface area contributed by atoms with Gasteiger partial charge in [0.15, 0.2) is 11.5 Å². The summed E-state index contributed by atoms with van der Waals surface area (Å²) >= 11 is 0. The Labute approximate surface area is 126 Å². The number of hydrogen-bond acceptors (Lipinski definition) is 4. The number of para-hydroxylation sites is 2. The molecule has 0 aliphatic rings. The van der Waals surface area contributed by atoms with E-state index < -0.39 is 0 Å². The van der Waals surface area contributed by atoms with Crippen molar-refractivity contribution in [3.05, 3.63) is 48.3 Å².